The predicted octanol–water partition coefficient (Wildman–Crippen LogP) is 2.91. The third kappa shape index (κ3) is 3.84. The van der Waals surface area contributed by atoms with Crippen LogP contribution in [0.15, 0.2) is 16.6 Å². The number of halogens is 1. The van der Waals surface area contributed by atoms with Gasteiger partial charge in [-0.2, -0.15) is 0 Å². The topological polar surface area (TPSA) is 36.9 Å². The molecule has 0 saturated heterocycles. The molecule has 0 saturated carbocycles. The molecule has 1 aromatic carbocycles. The van der Waals surface area contributed by atoms with Crippen LogP contribution in [0.1, 0.15) is 16.7 Å². The SMILES string of the molecule is COOCc1cc(C)c(Br)cc1COOC. The second kappa shape index (κ2) is 6.98. The van der Waals surface area contributed by atoms with Crippen LogP contribution in [0.2, 0.25) is 0 Å². The summed E-state index contributed by atoms with van der Waals surface area (Å²) in [4.78, 5) is 19.0. The first-order valence-electron chi connectivity index (χ1n) is 4.78. The van der Waals surface area contributed by atoms with Crippen molar-refractivity contribution >= 4 is 15.9 Å². The molecule has 0 aromatic heterocycles. The second-order valence-electron chi connectivity index (χ2n) is 3.23. The average Bonchev–Trinajstić information content (AvgIpc) is 2.28. The molecule has 90 valence electrons. The molecular formula is C11H15BrO4. The minimum atomic E-state index is 0.373. The summed E-state index contributed by atoms with van der Waals surface area (Å²) in [6.07, 6.45) is 0. The fraction of sp³-hybridized carbons (Fsp3) is 0.455. The van der Waals surface area contributed by atoms with E-state index >= 15 is 0 Å². The molecule has 0 bridgehead atoms. The molecule has 0 N–H and O–H groups in total. The van der Waals surface area contributed by atoms with E-state index in [1.54, 1.807) is 0 Å². The highest BCUT2D eigenvalue weighted by atomic mass is 79.9. The molecule has 0 aliphatic heterocycles. The number of hydrogen-bond donors (Lipinski definition) is 0. The van der Waals surface area contributed by atoms with Gasteiger partial charge in [-0.25, -0.2) is 19.6 Å². The highest BCUT2D eigenvalue weighted by molar-refractivity contribution is 9.10. The lowest BCUT2D eigenvalue weighted by molar-refractivity contribution is -0.287. The Morgan fingerprint density at radius 1 is 1.00 bits per heavy atom. The highest BCUT2D eigenvalue weighted by Crippen LogP contribution is 2.23. The molecule has 16 heavy (non-hydrogen) atoms. The predicted molar refractivity (Wildman–Crippen MR) is 62.5 cm³/mol. The maximum atomic E-state index is 4.92. The van der Waals surface area contributed by atoms with E-state index in [0.29, 0.717) is 13.2 Å². The second-order valence-corrected chi connectivity index (χ2v) is 4.08. The minimum Gasteiger partial charge on any atom is -0.240 e. The monoisotopic (exact) mass is 290 g/mol. The lowest BCUT2D eigenvalue weighted by Gasteiger charge is -2.11. The first-order valence-corrected chi connectivity index (χ1v) is 5.57. The molecule has 0 amide bonds. The molecule has 0 aliphatic carbocycles. The largest absolute Gasteiger partial charge is 0.240 e. The van der Waals surface area contributed by atoms with Crippen molar-refractivity contribution in [2.45, 2.75) is 20.1 Å². The Hall–Kier alpha value is -0.460. The van der Waals surface area contributed by atoms with Crippen molar-refractivity contribution in [2.24, 2.45) is 0 Å². The molecule has 0 fully saturated rings. The van der Waals surface area contributed by atoms with Crippen LogP contribution in [0.4, 0.5) is 0 Å². The van der Waals surface area contributed by atoms with Crippen molar-refractivity contribution in [3.63, 3.8) is 0 Å². The highest BCUT2D eigenvalue weighted by Gasteiger charge is 2.07. The maximum absolute atomic E-state index is 4.92. The van der Waals surface area contributed by atoms with Crippen LogP contribution in [0.5, 0.6) is 0 Å². The Morgan fingerprint density at radius 2 is 1.50 bits per heavy atom. The molecule has 5 heteroatoms. The quantitative estimate of drug-likeness (QED) is 0.596. The van der Waals surface area contributed by atoms with Crippen LogP contribution in [-0.2, 0) is 32.8 Å². The molecule has 0 heterocycles. The van der Waals surface area contributed by atoms with Gasteiger partial charge in [0.15, 0.2) is 0 Å². The third-order valence-electron chi connectivity index (χ3n) is 2.15. The molecule has 4 nitrogen and oxygen atoms in total. The lowest BCUT2D eigenvalue weighted by Crippen LogP contribution is -2.01. The van der Waals surface area contributed by atoms with E-state index in [2.05, 4.69) is 25.7 Å². The lowest BCUT2D eigenvalue weighted by atomic mass is 10.1. The van der Waals surface area contributed by atoms with Crippen molar-refractivity contribution in [1.82, 2.24) is 0 Å². The minimum absolute atomic E-state index is 0.373. The van der Waals surface area contributed by atoms with E-state index in [-0.39, 0.29) is 0 Å². The summed E-state index contributed by atoms with van der Waals surface area (Å²) in [5.41, 5.74) is 3.15. The van der Waals surface area contributed by atoms with Gasteiger partial charge in [0.2, 0.25) is 0 Å². The zero-order valence-electron chi connectivity index (χ0n) is 9.58. The van der Waals surface area contributed by atoms with Crippen molar-refractivity contribution in [3.8, 4) is 0 Å². The van der Waals surface area contributed by atoms with E-state index in [1.165, 1.54) is 14.2 Å². The van der Waals surface area contributed by atoms with Crippen LogP contribution in [0.25, 0.3) is 0 Å². The average molecular weight is 291 g/mol. The van der Waals surface area contributed by atoms with Crippen molar-refractivity contribution in [3.05, 3.63) is 33.3 Å². The molecule has 0 radical (unpaired) electrons. The molecule has 1 aromatic rings. The van der Waals surface area contributed by atoms with Gasteiger partial charge in [-0.15, -0.1) is 0 Å². The number of rotatable bonds is 6. The normalized spacial score (nSPS) is 10.8. The van der Waals surface area contributed by atoms with E-state index in [0.717, 1.165) is 21.2 Å². The molecule has 1 rings (SSSR count). The summed E-state index contributed by atoms with van der Waals surface area (Å²) >= 11 is 3.47. The van der Waals surface area contributed by atoms with Crippen molar-refractivity contribution in [2.75, 3.05) is 14.2 Å². The van der Waals surface area contributed by atoms with E-state index in [4.69, 9.17) is 9.78 Å². The zero-order valence-corrected chi connectivity index (χ0v) is 11.2. The summed E-state index contributed by atoms with van der Waals surface area (Å²) in [6.45, 7) is 2.77. The Labute approximate surface area is 103 Å². The Balaban J connectivity index is 2.87. The first-order chi connectivity index (χ1) is 7.69. The van der Waals surface area contributed by atoms with Crippen molar-refractivity contribution in [1.29, 1.82) is 0 Å². The Morgan fingerprint density at radius 3 is 2.00 bits per heavy atom. The van der Waals surface area contributed by atoms with Gasteiger partial charge in [0.05, 0.1) is 14.2 Å². The van der Waals surface area contributed by atoms with Crippen LogP contribution in [-0.4, -0.2) is 14.2 Å². The van der Waals surface area contributed by atoms with Gasteiger partial charge >= 0.3 is 0 Å². The molecule has 0 unspecified atom stereocenters. The standard InChI is InChI=1S/C11H15BrO4/c1-8-4-9(6-15-13-2)10(5-11(8)12)7-16-14-3/h4-5H,6-7H2,1-3H3. The maximum Gasteiger partial charge on any atom is 0.108 e. The van der Waals surface area contributed by atoms with Crippen LogP contribution >= 0.6 is 15.9 Å². The van der Waals surface area contributed by atoms with Gasteiger partial charge in [-0.05, 0) is 29.7 Å². The summed E-state index contributed by atoms with van der Waals surface area (Å²) in [5.74, 6) is 0. The summed E-state index contributed by atoms with van der Waals surface area (Å²) < 4.78 is 1.03. The van der Waals surface area contributed by atoms with E-state index in [9.17, 15) is 0 Å². The Bertz CT molecular complexity index is 308. The van der Waals surface area contributed by atoms with Crippen molar-refractivity contribution < 1.29 is 19.6 Å². The van der Waals surface area contributed by atoms with E-state index < -0.39 is 0 Å². The van der Waals surface area contributed by atoms with Crippen LogP contribution < -0.4 is 0 Å². The van der Waals surface area contributed by atoms with Gasteiger partial charge in [0.25, 0.3) is 0 Å². The number of hydrogen-bond acceptors (Lipinski definition) is 4. The smallest absolute Gasteiger partial charge is 0.108 e. The van der Waals surface area contributed by atoms with Gasteiger partial charge in [-0.1, -0.05) is 22.0 Å². The number of aryl methyl sites for hydroxylation is 1. The summed E-state index contributed by atoms with van der Waals surface area (Å²) in [7, 11) is 2.96. The van der Waals surface area contributed by atoms with Crippen LogP contribution in [0, 0.1) is 6.92 Å². The first kappa shape index (κ1) is 13.6. The van der Waals surface area contributed by atoms with E-state index in [1.807, 2.05) is 19.1 Å². The molecule has 0 aliphatic rings. The zero-order chi connectivity index (χ0) is 12.0. The van der Waals surface area contributed by atoms with Crippen LogP contribution in [0.3, 0.4) is 0 Å². The molecule has 0 atom stereocenters. The Kier molecular flexibility index (Phi) is 5.94. The van der Waals surface area contributed by atoms with Gasteiger partial charge in [0.1, 0.15) is 13.2 Å². The summed E-state index contributed by atoms with van der Waals surface area (Å²) in [5, 5.41) is 0. The van der Waals surface area contributed by atoms with Gasteiger partial charge in [0, 0.05) is 4.47 Å². The molecule has 0 spiro atoms. The summed E-state index contributed by atoms with van der Waals surface area (Å²) in [6, 6.07) is 4.01. The molecular weight excluding hydrogens is 276 g/mol. The third-order valence-corrected chi connectivity index (χ3v) is 3.00. The number of benzene rings is 1. The fourth-order valence-corrected chi connectivity index (χ4v) is 1.69. The van der Waals surface area contributed by atoms with Gasteiger partial charge < -0.3 is 0 Å². The fourth-order valence-electron chi connectivity index (χ4n) is 1.30. The van der Waals surface area contributed by atoms with Gasteiger partial charge in [-0.3, -0.25) is 0 Å².